The van der Waals surface area contributed by atoms with E-state index < -0.39 is 5.54 Å². The number of halogens is 2. The number of nitrogens with one attached hydrogen (secondary N) is 1. The summed E-state index contributed by atoms with van der Waals surface area (Å²) in [5.41, 5.74) is 0.769. The summed E-state index contributed by atoms with van der Waals surface area (Å²) in [6, 6.07) is 10.2. The monoisotopic (exact) mass is 299 g/mol. The van der Waals surface area contributed by atoms with Crippen LogP contribution >= 0.6 is 23.2 Å². The number of alkyl halides is 2. The van der Waals surface area contributed by atoms with Gasteiger partial charge in [-0.2, -0.15) is 0 Å². The lowest BCUT2D eigenvalue weighted by Crippen LogP contribution is -2.52. The summed E-state index contributed by atoms with van der Waals surface area (Å²) < 4.78 is 0. The average molecular weight is 300 g/mol. The van der Waals surface area contributed by atoms with Crippen LogP contribution in [0.1, 0.15) is 31.2 Å². The lowest BCUT2D eigenvalue weighted by Gasteiger charge is -2.29. The molecule has 0 radical (unpaired) electrons. The van der Waals surface area contributed by atoms with Gasteiger partial charge < -0.3 is 5.32 Å². The van der Waals surface area contributed by atoms with Crippen molar-refractivity contribution in [3.63, 3.8) is 0 Å². The molecule has 0 spiro atoms. The lowest BCUT2D eigenvalue weighted by atomic mass is 10.0. The minimum absolute atomic E-state index is 0.0692. The third kappa shape index (κ3) is 3.24. The highest BCUT2D eigenvalue weighted by Crippen LogP contribution is 2.47. The molecule has 0 bridgehead atoms. The second-order valence-electron chi connectivity index (χ2n) is 5.25. The van der Waals surface area contributed by atoms with Gasteiger partial charge in [0.2, 0.25) is 5.91 Å². The first-order valence-corrected chi connectivity index (χ1v) is 7.71. The normalized spacial score (nSPS) is 22.1. The fourth-order valence-corrected chi connectivity index (χ4v) is 3.08. The molecule has 1 aromatic rings. The number of rotatable bonds is 6. The van der Waals surface area contributed by atoms with Gasteiger partial charge >= 0.3 is 0 Å². The van der Waals surface area contributed by atoms with Crippen molar-refractivity contribution in [1.29, 1.82) is 0 Å². The molecule has 1 amide bonds. The van der Waals surface area contributed by atoms with E-state index in [1.54, 1.807) is 0 Å². The Labute approximate surface area is 124 Å². The van der Waals surface area contributed by atoms with E-state index in [2.05, 4.69) is 17.4 Å². The second-order valence-corrected chi connectivity index (χ2v) is 5.78. The van der Waals surface area contributed by atoms with Crippen molar-refractivity contribution in [2.75, 3.05) is 11.8 Å². The first-order valence-electron chi connectivity index (χ1n) is 6.64. The number of carbonyl (C=O) groups excluding carboxylic acids is 1. The quantitative estimate of drug-likeness (QED) is 0.800. The first-order chi connectivity index (χ1) is 9.15. The predicted molar refractivity (Wildman–Crippen MR) is 79.9 cm³/mol. The highest BCUT2D eigenvalue weighted by Gasteiger charge is 2.45. The van der Waals surface area contributed by atoms with Crippen molar-refractivity contribution in [2.24, 2.45) is 5.92 Å². The third-order valence-corrected chi connectivity index (χ3v) is 4.95. The maximum absolute atomic E-state index is 12.3. The third-order valence-electron chi connectivity index (χ3n) is 3.93. The minimum Gasteiger partial charge on any atom is -0.348 e. The van der Waals surface area contributed by atoms with Crippen molar-refractivity contribution in [1.82, 2.24) is 5.32 Å². The van der Waals surface area contributed by atoms with Crippen LogP contribution in [0.15, 0.2) is 30.3 Å². The molecule has 4 heteroatoms. The van der Waals surface area contributed by atoms with Crippen molar-refractivity contribution in [3.05, 3.63) is 35.9 Å². The molecule has 104 valence electrons. The van der Waals surface area contributed by atoms with Crippen molar-refractivity contribution in [2.45, 2.75) is 31.2 Å². The van der Waals surface area contributed by atoms with Gasteiger partial charge in [0.05, 0.1) is 5.54 Å². The highest BCUT2D eigenvalue weighted by molar-refractivity contribution is 6.22. The zero-order valence-corrected chi connectivity index (χ0v) is 12.5. The van der Waals surface area contributed by atoms with Crippen LogP contribution in [0.2, 0.25) is 0 Å². The Kier molecular flexibility index (Phi) is 4.75. The number of carbonyl (C=O) groups is 1. The molecular formula is C15H19Cl2NO. The van der Waals surface area contributed by atoms with Crippen LogP contribution in [0.3, 0.4) is 0 Å². The van der Waals surface area contributed by atoms with Gasteiger partial charge in [0.1, 0.15) is 0 Å². The molecule has 1 aliphatic carbocycles. The summed E-state index contributed by atoms with van der Waals surface area (Å²) >= 11 is 11.9. The smallest absolute Gasteiger partial charge is 0.224 e. The van der Waals surface area contributed by atoms with Crippen molar-refractivity contribution >= 4 is 29.1 Å². The lowest BCUT2D eigenvalue weighted by molar-refractivity contribution is -0.124. The second kappa shape index (κ2) is 6.15. The van der Waals surface area contributed by atoms with Crippen LogP contribution in [0.25, 0.3) is 0 Å². The van der Waals surface area contributed by atoms with Gasteiger partial charge in [-0.15, -0.1) is 23.2 Å². The summed E-state index contributed by atoms with van der Waals surface area (Å²) in [7, 11) is 0. The van der Waals surface area contributed by atoms with E-state index in [1.165, 1.54) is 5.56 Å². The molecule has 1 fully saturated rings. The maximum atomic E-state index is 12.3. The Morgan fingerprint density at radius 2 is 1.95 bits per heavy atom. The number of hydrogen-bond donors (Lipinski definition) is 1. The molecule has 1 N–H and O–H groups in total. The van der Waals surface area contributed by atoms with E-state index in [4.69, 9.17) is 23.2 Å². The van der Waals surface area contributed by atoms with Gasteiger partial charge in [-0.25, -0.2) is 0 Å². The summed E-state index contributed by atoms with van der Waals surface area (Å²) in [4.78, 5) is 12.3. The van der Waals surface area contributed by atoms with Gasteiger partial charge in [0.25, 0.3) is 0 Å². The van der Waals surface area contributed by atoms with E-state index >= 15 is 0 Å². The molecule has 0 heterocycles. The van der Waals surface area contributed by atoms with E-state index in [0.29, 0.717) is 17.7 Å². The molecule has 1 saturated carbocycles. The maximum Gasteiger partial charge on any atom is 0.224 e. The Morgan fingerprint density at radius 1 is 1.32 bits per heavy atom. The van der Waals surface area contributed by atoms with E-state index in [9.17, 15) is 4.79 Å². The fraction of sp³-hybridized carbons (Fsp3) is 0.533. The number of amides is 1. The molecule has 2 rings (SSSR count). The Balaban J connectivity index is 1.96. The molecular weight excluding hydrogens is 281 g/mol. The Hall–Kier alpha value is -0.730. The van der Waals surface area contributed by atoms with E-state index in [1.807, 2.05) is 25.1 Å². The van der Waals surface area contributed by atoms with Gasteiger partial charge in [0.15, 0.2) is 0 Å². The topological polar surface area (TPSA) is 29.1 Å². The highest BCUT2D eigenvalue weighted by atomic mass is 35.5. The van der Waals surface area contributed by atoms with Gasteiger partial charge in [-0.3, -0.25) is 4.79 Å². The van der Waals surface area contributed by atoms with Crippen LogP contribution in [0, 0.1) is 5.92 Å². The zero-order chi connectivity index (χ0) is 13.9. The number of hydrogen-bond acceptors (Lipinski definition) is 1. The zero-order valence-electron chi connectivity index (χ0n) is 11.0. The van der Waals surface area contributed by atoms with E-state index in [0.717, 1.165) is 12.8 Å². The molecule has 1 aromatic carbocycles. The summed E-state index contributed by atoms with van der Waals surface area (Å²) in [6.45, 7) is 1.99. The molecule has 2 nitrogen and oxygen atoms in total. The minimum atomic E-state index is -0.468. The van der Waals surface area contributed by atoms with Crippen LogP contribution in [0.4, 0.5) is 0 Å². The Bertz CT molecular complexity index is 423. The van der Waals surface area contributed by atoms with E-state index in [-0.39, 0.29) is 11.8 Å². The molecule has 0 aliphatic heterocycles. The molecule has 1 aliphatic rings. The van der Waals surface area contributed by atoms with Crippen LogP contribution in [0.5, 0.6) is 0 Å². The van der Waals surface area contributed by atoms with Gasteiger partial charge in [-0.05, 0) is 24.3 Å². The van der Waals surface area contributed by atoms with Gasteiger partial charge in [0, 0.05) is 17.7 Å². The van der Waals surface area contributed by atoms with Crippen LogP contribution in [-0.2, 0) is 4.79 Å². The number of benzene rings is 1. The Morgan fingerprint density at radius 3 is 2.47 bits per heavy atom. The van der Waals surface area contributed by atoms with Crippen LogP contribution < -0.4 is 5.32 Å². The SMILES string of the molecule is CCC(CCl)(CCl)NC(=O)C1CC1c1ccccc1. The molecule has 0 saturated heterocycles. The first kappa shape index (κ1) is 14.7. The molecule has 19 heavy (non-hydrogen) atoms. The predicted octanol–water partition coefficient (Wildman–Crippen LogP) is 3.53. The van der Waals surface area contributed by atoms with Crippen molar-refractivity contribution in [3.8, 4) is 0 Å². The van der Waals surface area contributed by atoms with Gasteiger partial charge in [-0.1, -0.05) is 37.3 Å². The molecule has 2 unspecified atom stereocenters. The van der Waals surface area contributed by atoms with Crippen LogP contribution in [-0.4, -0.2) is 23.2 Å². The summed E-state index contributed by atoms with van der Waals surface area (Å²) in [5.74, 6) is 1.20. The molecule has 2 atom stereocenters. The standard InChI is InChI=1S/C15H19Cl2NO/c1-2-15(9-16,10-17)18-14(19)13-8-12(13)11-6-4-3-5-7-11/h3-7,12-13H,2,8-10H2,1H3,(H,18,19). The average Bonchev–Trinajstić information content (AvgIpc) is 3.26. The summed E-state index contributed by atoms with van der Waals surface area (Å²) in [5, 5.41) is 3.04. The summed E-state index contributed by atoms with van der Waals surface area (Å²) in [6.07, 6.45) is 1.66. The fourth-order valence-electron chi connectivity index (χ4n) is 2.29. The molecule has 0 aromatic heterocycles. The van der Waals surface area contributed by atoms with Crippen molar-refractivity contribution < 1.29 is 4.79 Å². The largest absolute Gasteiger partial charge is 0.348 e.